The third kappa shape index (κ3) is 4.22. The van der Waals surface area contributed by atoms with Crippen LogP contribution in [0.4, 0.5) is 0 Å². The zero-order valence-corrected chi connectivity index (χ0v) is 14.4. The Morgan fingerprint density at radius 2 is 2.12 bits per heavy atom. The average Bonchev–Trinajstić information content (AvgIpc) is 3.08. The van der Waals surface area contributed by atoms with Crippen molar-refractivity contribution in [3.63, 3.8) is 0 Å². The van der Waals surface area contributed by atoms with Crippen LogP contribution in [0.1, 0.15) is 37.6 Å². The molecule has 3 rings (SSSR count). The molecule has 0 radical (unpaired) electrons. The SMILES string of the molecule is CCn1cnnc1CC1CCCN(C(=O)CCc2ccccc2)C1. The van der Waals surface area contributed by atoms with Crippen molar-refractivity contribution in [3.05, 3.63) is 48.0 Å². The summed E-state index contributed by atoms with van der Waals surface area (Å²) in [6.07, 6.45) is 6.38. The van der Waals surface area contributed by atoms with Crippen LogP contribution in [-0.2, 0) is 24.2 Å². The second-order valence-electron chi connectivity index (χ2n) is 6.57. The van der Waals surface area contributed by atoms with Crippen molar-refractivity contribution in [2.24, 2.45) is 5.92 Å². The molecule has 24 heavy (non-hydrogen) atoms. The van der Waals surface area contributed by atoms with Gasteiger partial charge in [-0.25, -0.2) is 0 Å². The lowest BCUT2D eigenvalue weighted by Gasteiger charge is -2.32. The van der Waals surface area contributed by atoms with Crippen LogP contribution in [0.15, 0.2) is 36.7 Å². The van der Waals surface area contributed by atoms with Gasteiger partial charge in [0.05, 0.1) is 0 Å². The Bertz CT molecular complexity index is 652. The molecule has 1 fully saturated rings. The first-order valence-electron chi connectivity index (χ1n) is 8.94. The molecule has 5 nitrogen and oxygen atoms in total. The van der Waals surface area contributed by atoms with E-state index in [0.717, 1.165) is 44.7 Å². The molecule has 1 aromatic carbocycles. The van der Waals surface area contributed by atoms with Crippen LogP contribution in [-0.4, -0.2) is 38.7 Å². The second-order valence-corrected chi connectivity index (χ2v) is 6.57. The predicted octanol–water partition coefficient (Wildman–Crippen LogP) is 2.71. The number of hydrogen-bond donors (Lipinski definition) is 0. The normalized spacial score (nSPS) is 17.9. The minimum absolute atomic E-state index is 0.278. The molecule has 2 aromatic rings. The molecule has 1 amide bonds. The lowest BCUT2D eigenvalue weighted by atomic mass is 9.94. The molecule has 5 heteroatoms. The molecule has 0 spiro atoms. The number of benzene rings is 1. The van der Waals surface area contributed by atoms with Gasteiger partial charge < -0.3 is 9.47 Å². The first kappa shape index (κ1) is 16.7. The molecule has 1 aliphatic rings. The maximum Gasteiger partial charge on any atom is 0.222 e. The van der Waals surface area contributed by atoms with Gasteiger partial charge in [0.25, 0.3) is 0 Å². The zero-order valence-electron chi connectivity index (χ0n) is 14.4. The number of carbonyl (C=O) groups is 1. The van der Waals surface area contributed by atoms with Gasteiger partial charge in [0, 0.05) is 32.5 Å². The van der Waals surface area contributed by atoms with Gasteiger partial charge in [0.1, 0.15) is 12.2 Å². The lowest BCUT2D eigenvalue weighted by molar-refractivity contribution is -0.133. The molecule has 0 bridgehead atoms. The first-order chi connectivity index (χ1) is 11.8. The number of carbonyl (C=O) groups excluding carboxylic acids is 1. The third-order valence-corrected chi connectivity index (χ3v) is 4.85. The van der Waals surface area contributed by atoms with E-state index in [0.29, 0.717) is 12.3 Å². The van der Waals surface area contributed by atoms with E-state index in [1.54, 1.807) is 6.33 Å². The molecule has 0 aliphatic carbocycles. The summed E-state index contributed by atoms with van der Waals surface area (Å²) in [6.45, 7) is 4.75. The Hall–Kier alpha value is -2.17. The van der Waals surface area contributed by atoms with Crippen LogP contribution < -0.4 is 0 Å². The highest BCUT2D eigenvalue weighted by Gasteiger charge is 2.24. The van der Waals surface area contributed by atoms with E-state index < -0.39 is 0 Å². The molecule has 1 unspecified atom stereocenters. The fourth-order valence-electron chi connectivity index (χ4n) is 3.47. The number of likely N-dealkylation sites (tertiary alicyclic amines) is 1. The third-order valence-electron chi connectivity index (χ3n) is 4.85. The highest BCUT2D eigenvalue weighted by atomic mass is 16.2. The fourth-order valence-corrected chi connectivity index (χ4v) is 3.47. The van der Waals surface area contributed by atoms with E-state index in [2.05, 4.69) is 33.8 Å². The number of nitrogens with zero attached hydrogens (tertiary/aromatic N) is 4. The smallest absolute Gasteiger partial charge is 0.222 e. The van der Waals surface area contributed by atoms with Crippen molar-refractivity contribution in [1.82, 2.24) is 19.7 Å². The standard InChI is InChI=1S/C19H26N4O/c1-2-22-15-20-21-18(22)13-17-9-6-12-23(14-17)19(24)11-10-16-7-4-3-5-8-16/h3-5,7-8,15,17H,2,6,9-14H2,1H3. The molecule has 1 atom stereocenters. The summed E-state index contributed by atoms with van der Waals surface area (Å²) in [5, 5.41) is 8.24. The number of aryl methyl sites for hydroxylation is 2. The molecule has 1 aromatic heterocycles. The number of hydrogen-bond acceptors (Lipinski definition) is 3. The summed E-state index contributed by atoms with van der Waals surface area (Å²) in [5.74, 6) is 1.82. The summed E-state index contributed by atoms with van der Waals surface area (Å²) in [6, 6.07) is 10.2. The van der Waals surface area contributed by atoms with Gasteiger partial charge in [-0.1, -0.05) is 30.3 Å². The van der Waals surface area contributed by atoms with Crippen molar-refractivity contribution in [2.45, 2.75) is 45.6 Å². The Balaban J connectivity index is 1.52. The lowest BCUT2D eigenvalue weighted by Crippen LogP contribution is -2.40. The van der Waals surface area contributed by atoms with Crippen LogP contribution >= 0.6 is 0 Å². The van der Waals surface area contributed by atoms with Crippen LogP contribution in [0.25, 0.3) is 0 Å². The van der Waals surface area contributed by atoms with E-state index in [4.69, 9.17) is 0 Å². The number of piperidine rings is 1. The van der Waals surface area contributed by atoms with E-state index >= 15 is 0 Å². The molecule has 1 aliphatic heterocycles. The van der Waals surface area contributed by atoms with Crippen LogP contribution in [0, 0.1) is 5.92 Å². The van der Waals surface area contributed by atoms with Gasteiger partial charge in [-0.3, -0.25) is 4.79 Å². The van der Waals surface area contributed by atoms with Crippen molar-refractivity contribution < 1.29 is 4.79 Å². The fraction of sp³-hybridized carbons (Fsp3) is 0.526. The topological polar surface area (TPSA) is 51.0 Å². The minimum atomic E-state index is 0.278. The maximum atomic E-state index is 12.5. The van der Waals surface area contributed by atoms with Crippen molar-refractivity contribution >= 4 is 5.91 Å². The number of rotatable bonds is 6. The molecule has 1 saturated heterocycles. The second kappa shape index (κ2) is 8.08. The molecular formula is C19H26N4O. The maximum absolute atomic E-state index is 12.5. The monoisotopic (exact) mass is 326 g/mol. The molecule has 0 saturated carbocycles. The number of amides is 1. The van der Waals surface area contributed by atoms with Gasteiger partial charge in [-0.05, 0) is 37.7 Å². The van der Waals surface area contributed by atoms with Crippen LogP contribution in [0.2, 0.25) is 0 Å². The molecular weight excluding hydrogens is 300 g/mol. The van der Waals surface area contributed by atoms with Crippen LogP contribution in [0.5, 0.6) is 0 Å². The largest absolute Gasteiger partial charge is 0.342 e. The predicted molar refractivity (Wildman–Crippen MR) is 93.5 cm³/mol. The molecule has 128 valence electrons. The number of aromatic nitrogens is 3. The van der Waals surface area contributed by atoms with Crippen molar-refractivity contribution in [3.8, 4) is 0 Å². The Morgan fingerprint density at radius 3 is 2.92 bits per heavy atom. The summed E-state index contributed by atoms with van der Waals surface area (Å²) in [4.78, 5) is 14.6. The Kier molecular flexibility index (Phi) is 5.62. The van der Waals surface area contributed by atoms with Gasteiger partial charge >= 0.3 is 0 Å². The summed E-state index contributed by atoms with van der Waals surface area (Å²) >= 11 is 0. The highest BCUT2D eigenvalue weighted by molar-refractivity contribution is 5.76. The van der Waals surface area contributed by atoms with Gasteiger partial charge in [-0.2, -0.15) is 0 Å². The highest BCUT2D eigenvalue weighted by Crippen LogP contribution is 2.21. The van der Waals surface area contributed by atoms with E-state index in [1.165, 1.54) is 12.0 Å². The Morgan fingerprint density at radius 1 is 1.29 bits per heavy atom. The summed E-state index contributed by atoms with van der Waals surface area (Å²) < 4.78 is 2.09. The average molecular weight is 326 g/mol. The van der Waals surface area contributed by atoms with Crippen LogP contribution in [0.3, 0.4) is 0 Å². The summed E-state index contributed by atoms with van der Waals surface area (Å²) in [7, 11) is 0. The Labute approximate surface area is 143 Å². The van der Waals surface area contributed by atoms with E-state index in [1.807, 2.05) is 23.1 Å². The van der Waals surface area contributed by atoms with Crippen molar-refractivity contribution in [2.75, 3.05) is 13.1 Å². The zero-order chi connectivity index (χ0) is 16.8. The molecule has 2 heterocycles. The van der Waals surface area contributed by atoms with Gasteiger partial charge in [0.2, 0.25) is 5.91 Å². The van der Waals surface area contributed by atoms with Gasteiger partial charge in [-0.15, -0.1) is 10.2 Å². The van der Waals surface area contributed by atoms with E-state index in [9.17, 15) is 4.79 Å². The first-order valence-corrected chi connectivity index (χ1v) is 8.94. The quantitative estimate of drug-likeness (QED) is 0.820. The molecule has 0 N–H and O–H groups in total. The van der Waals surface area contributed by atoms with Crippen molar-refractivity contribution in [1.29, 1.82) is 0 Å². The van der Waals surface area contributed by atoms with Gasteiger partial charge in [0.15, 0.2) is 0 Å². The summed E-state index contributed by atoms with van der Waals surface area (Å²) in [5.41, 5.74) is 1.23. The minimum Gasteiger partial charge on any atom is -0.342 e. The van der Waals surface area contributed by atoms with E-state index in [-0.39, 0.29) is 5.91 Å².